The molecule has 10 heteroatoms. The average Bonchev–Trinajstić information content (AvgIpc) is 3.54. The number of nitrogens with zero attached hydrogens (tertiary/aromatic N) is 2. The van der Waals surface area contributed by atoms with E-state index in [9.17, 15) is 14.9 Å². The molecule has 2 N–H and O–H groups in total. The van der Waals surface area contributed by atoms with E-state index in [1.807, 2.05) is 17.5 Å². The summed E-state index contributed by atoms with van der Waals surface area (Å²) >= 11 is 4.38. The number of hydrogen-bond donors (Lipinski definition) is 2. The Hall–Kier alpha value is -2.71. The molecule has 7 nitrogen and oxygen atoms in total. The molecule has 3 aromatic heterocycles. The first-order valence-electron chi connectivity index (χ1n) is 12.6. The Morgan fingerprint density at radius 3 is 2.86 bits per heavy atom. The number of aromatic nitrogens is 1. The van der Waals surface area contributed by atoms with Gasteiger partial charge >= 0.3 is 5.97 Å². The molecule has 2 aliphatic rings. The van der Waals surface area contributed by atoms with Crippen LogP contribution in [0.2, 0.25) is 0 Å². The van der Waals surface area contributed by atoms with E-state index in [1.165, 1.54) is 28.0 Å². The number of nitrogens with one attached hydrogen (secondary N) is 2. The number of ether oxygens (including phenoxy) is 1. The Kier molecular flexibility index (Phi) is 7.95. The number of carbonyl (C=O) groups is 2. The first-order chi connectivity index (χ1) is 18.0. The predicted molar refractivity (Wildman–Crippen MR) is 148 cm³/mol. The second kappa shape index (κ2) is 11.4. The normalized spacial score (nSPS) is 16.4. The quantitative estimate of drug-likeness (QED) is 0.338. The van der Waals surface area contributed by atoms with Crippen molar-refractivity contribution in [3.8, 4) is 16.5 Å². The Morgan fingerprint density at radius 1 is 1.27 bits per heavy atom. The molecule has 0 aromatic carbocycles. The Bertz CT molecular complexity index is 1370. The molecule has 4 heterocycles. The van der Waals surface area contributed by atoms with Crippen LogP contribution in [0.5, 0.6) is 0 Å². The molecule has 1 amide bonds. The fraction of sp³-hybridized carbons (Fsp3) is 0.407. The van der Waals surface area contributed by atoms with Crippen molar-refractivity contribution >= 4 is 51.3 Å². The molecule has 1 aliphatic heterocycles. The first kappa shape index (κ1) is 25.9. The summed E-state index contributed by atoms with van der Waals surface area (Å²) < 4.78 is 5.31. The molecule has 0 spiro atoms. The van der Waals surface area contributed by atoms with Crippen molar-refractivity contribution in [3.63, 3.8) is 0 Å². The van der Waals surface area contributed by atoms with Gasteiger partial charge in [-0.05, 0) is 49.6 Å². The van der Waals surface area contributed by atoms with E-state index in [1.54, 1.807) is 18.3 Å². The van der Waals surface area contributed by atoms with Crippen LogP contribution >= 0.6 is 34.4 Å². The highest BCUT2D eigenvalue weighted by Gasteiger charge is 2.29. The summed E-state index contributed by atoms with van der Waals surface area (Å²) in [7, 11) is 2.16. The van der Waals surface area contributed by atoms with Crippen molar-refractivity contribution in [2.24, 2.45) is 0 Å². The van der Waals surface area contributed by atoms with Gasteiger partial charge in [-0.1, -0.05) is 17.8 Å². The zero-order valence-corrected chi connectivity index (χ0v) is 23.4. The number of aryl methyl sites for hydroxylation is 1. The van der Waals surface area contributed by atoms with Crippen molar-refractivity contribution in [2.45, 2.75) is 50.6 Å². The van der Waals surface area contributed by atoms with Gasteiger partial charge in [-0.3, -0.25) is 4.79 Å². The van der Waals surface area contributed by atoms with Crippen LogP contribution in [0.3, 0.4) is 0 Å². The highest BCUT2D eigenvalue weighted by molar-refractivity contribution is 8.00. The number of anilines is 1. The van der Waals surface area contributed by atoms with Crippen LogP contribution in [0.15, 0.2) is 22.5 Å². The van der Waals surface area contributed by atoms with Gasteiger partial charge in [0.2, 0.25) is 5.91 Å². The molecular weight excluding hydrogens is 525 g/mol. The van der Waals surface area contributed by atoms with Crippen molar-refractivity contribution in [2.75, 3.05) is 31.3 Å². The minimum absolute atomic E-state index is 0.0976. The third-order valence-corrected chi connectivity index (χ3v) is 9.81. The van der Waals surface area contributed by atoms with Crippen LogP contribution in [0.25, 0.3) is 10.4 Å². The van der Waals surface area contributed by atoms with Crippen LogP contribution in [0, 0.1) is 11.3 Å². The van der Waals surface area contributed by atoms with E-state index in [0.717, 1.165) is 77.3 Å². The van der Waals surface area contributed by atoms with Gasteiger partial charge in [-0.15, -0.1) is 22.7 Å². The van der Waals surface area contributed by atoms with E-state index in [2.05, 4.69) is 18.4 Å². The van der Waals surface area contributed by atoms with Crippen LogP contribution < -0.4 is 10.2 Å². The monoisotopic (exact) mass is 553 g/mol. The van der Waals surface area contributed by atoms with Crippen LogP contribution in [0.4, 0.5) is 5.00 Å². The van der Waals surface area contributed by atoms with Crippen molar-refractivity contribution in [3.05, 3.63) is 50.3 Å². The van der Waals surface area contributed by atoms with E-state index in [0.29, 0.717) is 21.2 Å². The van der Waals surface area contributed by atoms with E-state index < -0.39 is 0 Å². The number of rotatable bonds is 7. The summed E-state index contributed by atoms with van der Waals surface area (Å²) in [5.41, 5.74) is 5.18. The topological polar surface area (TPSA) is 96.5 Å². The van der Waals surface area contributed by atoms with Gasteiger partial charge in [0.1, 0.15) is 22.6 Å². The number of carbonyl (C=O) groups excluding carboxylic acids is 2. The van der Waals surface area contributed by atoms with Crippen LogP contribution in [-0.4, -0.2) is 42.8 Å². The molecule has 0 fully saturated rings. The number of amides is 1. The van der Waals surface area contributed by atoms with Gasteiger partial charge in [0.15, 0.2) is 0 Å². The SMILES string of the molecule is CCOC(=O)c1c(NC(=O)CSc2nc3c(c(-c4cccs4)c2C#N)C[NH+](C)CC3)sc2c1CCCC2. The minimum atomic E-state index is -0.374. The maximum atomic E-state index is 13.1. The molecule has 192 valence electrons. The molecule has 1 unspecified atom stereocenters. The third kappa shape index (κ3) is 5.32. The number of nitriles is 1. The second-order valence-corrected chi connectivity index (χ2v) is 12.3. The van der Waals surface area contributed by atoms with Crippen molar-refractivity contribution in [1.29, 1.82) is 5.26 Å². The Labute approximate surface area is 228 Å². The lowest BCUT2D eigenvalue weighted by Gasteiger charge is -2.25. The average molecular weight is 554 g/mol. The largest absolute Gasteiger partial charge is 0.462 e. The van der Waals surface area contributed by atoms with Gasteiger partial charge in [0, 0.05) is 27.3 Å². The van der Waals surface area contributed by atoms with Crippen LogP contribution in [0.1, 0.15) is 57.4 Å². The number of thiophene rings is 2. The van der Waals surface area contributed by atoms with Gasteiger partial charge in [-0.2, -0.15) is 5.26 Å². The summed E-state index contributed by atoms with van der Waals surface area (Å²) in [4.78, 5) is 34.3. The van der Waals surface area contributed by atoms with E-state index >= 15 is 0 Å². The molecular formula is C27H29N4O3S3+. The van der Waals surface area contributed by atoms with Gasteiger partial charge in [0.25, 0.3) is 0 Å². The zero-order chi connectivity index (χ0) is 25.9. The molecule has 0 radical (unpaired) electrons. The summed E-state index contributed by atoms with van der Waals surface area (Å²) in [6.07, 6.45) is 4.71. The van der Waals surface area contributed by atoms with Crippen molar-refractivity contribution < 1.29 is 19.2 Å². The predicted octanol–water partition coefficient (Wildman–Crippen LogP) is 4.10. The fourth-order valence-electron chi connectivity index (χ4n) is 5.04. The molecule has 0 saturated heterocycles. The van der Waals surface area contributed by atoms with Crippen molar-refractivity contribution in [1.82, 2.24) is 4.98 Å². The highest BCUT2D eigenvalue weighted by Crippen LogP contribution is 2.40. The molecule has 1 aliphatic carbocycles. The molecule has 1 atom stereocenters. The zero-order valence-electron chi connectivity index (χ0n) is 20.9. The fourth-order valence-corrected chi connectivity index (χ4v) is 7.94. The number of quaternary nitrogens is 1. The maximum absolute atomic E-state index is 13.1. The standard InChI is InChI=1S/C27H28N4O3S3/c1-3-34-27(33)24-16-7-4-5-8-20(16)37-26(24)30-22(32)15-36-25-17(13-28)23(21-9-6-12-35-21)18-14-31(2)11-10-19(18)29-25/h6,9,12H,3-5,7-8,10-11,14-15H2,1-2H3,(H,30,32)/p+1. The minimum Gasteiger partial charge on any atom is -0.462 e. The maximum Gasteiger partial charge on any atom is 0.341 e. The number of likely N-dealkylation sites (N-methyl/N-ethyl adjacent to an activating group) is 1. The smallest absolute Gasteiger partial charge is 0.341 e. The van der Waals surface area contributed by atoms with E-state index in [-0.39, 0.29) is 24.2 Å². The number of thioether (sulfide) groups is 1. The van der Waals surface area contributed by atoms with Gasteiger partial charge < -0.3 is 15.0 Å². The summed E-state index contributed by atoms with van der Waals surface area (Å²) in [6.45, 7) is 3.89. The number of hydrogen-bond acceptors (Lipinski definition) is 8. The van der Waals surface area contributed by atoms with Crippen LogP contribution in [-0.2, 0) is 35.3 Å². The molecule has 37 heavy (non-hydrogen) atoms. The summed E-state index contributed by atoms with van der Waals surface area (Å²) in [6, 6.07) is 6.42. The van der Waals surface area contributed by atoms with E-state index in [4.69, 9.17) is 9.72 Å². The highest BCUT2D eigenvalue weighted by atomic mass is 32.2. The van der Waals surface area contributed by atoms with Gasteiger partial charge in [0.05, 0.1) is 42.8 Å². The first-order valence-corrected chi connectivity index (χ1v) is 15.2. The molecule has 0 bridgehead atoms. The lowest BCUT2D eigenvalue weighted by Crippen LogP contribution is -3.08. The third-order valence-electron chi connectivity index (χ3n) is 6.74. The number of pyridine rings is 1. The Balaban J connectivity index is 1.41. The lowest BCUT2D eigenvalue weighted by atomic mass is 9.95. The van der Waals surface area contributed by atoms with Gasteiger partial charge in [-0.25, -0.2) is 9.78 Å². The molecule has 3 aromatic rings. The number of esters is 1. The molecule has 5 rings (SSSR count). The second-order valence-electron chi connectivity index (χ2n) is 9.29. The Morgan fingerprint density at radius 2 is 2.11 bits per heavy atom. The summed E-state index contributed by atoms with van der Waals surface area (Å²) in [5.74, 6) is -0.500. The lowest BCUT2D eigenvalue weighted by molar-refractivity contribution is -0.895. The number of fused-ring (bicyclic) bond motifs is 2. The summed E-state index contributed by atoms with van der Waals surface area (Å²) in [5, 5.41) is 16.3. The molecule has 0 saturated carbocycles.